The molecule has 30 heavy (non-hydrogen) atoms. The van der Waals surface area contributed by atoms with Crippen LogP contribution in [0.4, 0.5) is 0 Å². The van der Waals surface area contributed by atoms with Gasteiger partial charge in [-0.15, -0.1) is 5.54 Å². The number of methoxy groups -OCH3 is 2. The lowest BCUT2D eigenvalue weighted by Gasteiger charge is -2.20. The van der Waals surface area contributed by atoms with E-state index in [0.717, 1.165) is 34.8 Å². The van der Waals surface area contributed by atoms with Crippen molar-refractivity contribution < 1.29 is 19.0 Å². The minimum atomic E-state index is -1.57. The fourth-order valence-corrected chi connectivity index (χ4v) is 5.64. The van der Waals surface area contributed by atoms with Crippen LogP contribution in [0.15, 0.2) is 60.6 Å². The second-order valence-corrected chi connectivity index (χ2v) is 11.9. The molecule has 0 heterocycles. The van der Waals surface area contributed by atoms with Crippen molar-refractivity contribution in [2.24, 2.45) is 0 Å². The van der Waals surface area contributed by atoms with Gasteiger partial charge in [0.05, 0.1) is 14.2 Å². The molecule has 0 aliphatic heterocycles. The molecule has 0 radical (unpaired) electrons. The van der Waals surface area contributed by atoms with Gasteiger partial charge in [-0.25, -0.2) is 4.79 Å². The molecule has 0 aliphatic carbocycles. The van der Waals surface area contributed by atoms with E-state index in [2.05, 4.69) is 32.2 Å². The van der Waals surface area contributed by atoms with Crippen molar-refractivity contribution in [2.45, 2.75) is 38.9 Å². The quantitative estimate of drug-likeness (QED) is 0.177. The summed E-state index contributed by atoms with van der Waals surface area (Å²) < 4.78 is 15.8. The van der Waals surface area contributed by atoms with Gasteiger partial charge in [0.25, 0.3) is 0 Å². The average Bonchev–Trinajstić information content (AvgIpc) is 2.80. The Bertz CT molecular complexity index is 926. The van der Waals surface area contributed by atoms with Gasteiger partial charge in [0.1, 0.15) is 20.1 Å². The third-order valence-corrected chi connectivity index (χ3v) is 10.1. The monoisotopic (exact) mass is 422 g/mol. The third kappa shape index (κ3) is 5.77. The molecule has 0 aromatic heterocycles. The highest BCUT2D eigenvalue weighted by atomic mass is 28.3. The first-order valence-corrected chi connectivity index (χ1v) is 12.9. The smallest absolute Gasteiger partial charge is 0.377 e. The van der Waals surface area contributed by atoms with Crippen LogP contribution < -0.4 is 4.74 Å². The number of rotatable bonds is 8. The molecule has 4 nitrogen and oxygen atoms in total. The number of ether oxygens (including phenoxy) is 3. The second-order valence-electron chi connectivity index (χ2n) is 6.98. The van der Waals surface area contributed by atoms with Crippen LogP contribution in [0.2, 0.25) is 18.1 Å². The Morgan fingerprint density at radius 2 is 1.67 bits per heavy atom. The SMILES string of the molecule is CC[Si](C#Cc1ccc(-c2ccccc2)c(O/C(=C\OC)C(=O)OC)c1)(CC)CC. The van der Waals surface area contributed by atoms with Gasteiger partial charge in [-0.1, -0.05) is 57.0 Å². The molecule has 0 saturated carbocycles. The number of hydrogen-bond donors (Lipinski definition) is 0. The van der Waals surface area contributed by atoms with Gasteiger partial charge >= 0.3 is 5.97 Å². The van der Waals surface area contributed by atoms with Gasteiger partial charge in [0.2, 0.25) is 5.76 Å². The number of carbonyl (C=O) groups excluding carboxylic acids is 1. The summed E-state index contributed by atoms with van der Waals surface area (Å²) >= 11 is 0. The zero-order valence-corrected chi connectivity index (χ0v) is 19.5. The fourth-order valence-electron chi connectivity index (χ4n) is 3.20. The zero-order chi connectivity index (χ0) is 22.0. The maximum Gasteiger partial charge on any atom is 0.377 e. The maximum absolute atomic E-state index is 12.1. The zero-order valence-electron chi connectivity index (χ0n) is 18.5. The normalized spacial score (nSPS) is 11.3. The first-order chi connectivity index (χ1) is 14.5. The number of hydrogen-bond acceptors (Lipinski definition) is 4. The molecule has 5 heteroatoms. The minimum Gasteiger partial charge on any atom is -0.500 e. The van der Waals surface area contributed by atoms with Gasteiger partial charge < -0.3 is 14.2 Å². The van der Waals surface area contributed by atoms with Crippen molar-refractivity contribution in [2.75, 3.05) is 14.2 Å². The minimum absolute atomic E-state index is 0.0262. The molecule has 0 atom stereocenters. The standard InChI is InChI=1S/C25H30O4Si/c1-6-30(7-2,8-3)17-16-20-14-15-22(21-12-10-9-11-13-21)23(18-20)29-24(19-27-4)25(26)28-5/h9-15,18-19H,6-8H2,1-5H3/b24-19-. The second kappa shape index (κ2) is 11.3. The molecular weight excluding hydrogens is 392 g/mol. The highest BCUT2D eigenvalue weighted by molar-refractivity contribution is 6.87. The lowest BCUT2D eigenvalue weighted by atomic mass is 10.0. The van der Waals surface area contributed by atoms with E-state index < -0.39 is 14.0 Å². The van der Waals surface area contributed by atoms with Gasteiger partial charge in [0, 0.05) is 11.1 Å². The predicted molar refractivity (Wildman–Crippen MR) is 124 cm³/mol. The Labute approximate surface area is 180 Å². The van der Waals surface area contributed by atoms with Gasteiger partial charge in [-0.3, -0.25) is 0 Å². The van der Waals surface area contributed by atoms with Crippen molar-refractivity contribution in [1.82, 2.24) is 0 Å². The maximum atomic E-state index is 12.1. The molecule has 0 N–H and O–H groups in total. The summed E-state index contributed by atoms with van der Waals surface area (Å²) in [7, 11) is 1.19. The van der Waals surface area contributed by atoms with E-state index in [4.69, 9.17) is 14.2 Å². The summed E-state index contributed by atoms with van der Waals surface area (Å²) in [6.45, 7) is 6.71. The van der Waals surface area contributed by atoms with Crippen molar-refractivity contribution >= 4 is 14.0 Å². The number of carbonyl (C=O) groups is 1. The molecule has 0 unspecified atom stereocenters. The first kappa shape index (κ1) is 23.3. The van der Waals surface area contributed by atoms with E-state index in [0.29, 0.717) is 5.75 Å². The van der Waals surface area contributed by atoms with E-state index in [-0.39, 0.29) is 5.76 Å². The molecular formula is C25H30O4Si. The molecule has 158 valence electrons. The van der Waals surface area contributed by atoms with E-state index >= 15 is 0 Å². The lowest BCUT2D eigenvalue weighted by molar-refractivity contribution is -0.138. The van der Waals surface area contributed by atoms with Crippen LogP contribution in [0, 0.1) is 11.5 Å². The molecule has 2 aromatic rings. The van der Waals surface area contributed by atoms with Crippen molar-refractivity contribution in [1.29, 1.82) is 0 Å². The number of benzene rings is 2. The van der Waals surface area contributed by atoms with Gasteiger partial charge in [0.15, 0.2) is 0 Å². The molecule has 2 aromatic carbocycles. The summed E-state index contributed by atoms with van der Waals surface area (Å²) in [5.74, 6) is 3.26. The van der Waals surface area contributed by atoms with Crippen LogP contribution >= 0.6 is 0 Å². The molecule has 0 spiro atoms. The Hall–Kier alpha value is -2.97. The molecule has 0 amide bonds. The topological polar surface area (TPSA) is 44.8 Å². The summed E-state index contributed by atoms with van der Waals surface area (Å²) in [5, 5.41) is 0. The Morgan fingerprint density at radius 3 is 2.23 bits per heavy atom. The Balaban J connectivity index is 2.54. The third-order valence-electron chi connectivity index (χ3n) is 5.40. The molecule has 0 bridgehead atoms. The Kier molecular flexibility index (Phi) is 8.76. The van der Waals surface area contributed by atoms with Crippen LogP contribution in [0.5, 0.6) is 5.75 Å². The van der Waals surface area contributed by atoms with Crippen molar-refractivity contribution in [3.05, 3.63) is 66.1 Å². The molecule has 2 rings (SSSR count). The molecule has 0 aliphatic rings. The highest BCUT2D eigenvalue weighted by Crippen LogP contribution is 2.32. The summed E-state index contributed by atoms with van der Waals surface area (Å²) in [6, 6.07) is 19.1. The van der Waals surface area contributed by atoms with Gasteiger partial charge in [-0.2, -0.15) is 0 Å². The van der Waals surface area contributed by atoms with Crippen LogP contribution in [0.25, 0.3) is 11.1 Å². The Morgan fingerprint density at radius 1 is 1.00 bits per heavy atom. The van der Waals surface area contributed by atoms with Gasteiger partial charge in [-0.05, 0) is 41.9 Å². The summed E-state index contributed by atoms with van der Waals surface area (Å²) in [4.78, 5) is 12.1. The molecule has 0 saturated heterocycles. The lowest BCUT2D eigenvalue weighted by Crippen LogP contribution is -2.29. The summed E-state index contributed by atoms with van der Waals surface area (Å²) in [6.07, 6.45) is 1.24. The van der Waals surface area contributed by atoms with Crippen LogP contribution in [0.3, 0.4) is 0 Å². The van der Waals surface area contributed by atoms with E-state index in [1.807, 2.05) is 48.5 Å². The van der Waals surface area contributed by atoms with Crippen LogP contribution in [-0.2, 0) is 14.3 Å². The number of esters is 1. The predicted octanol–water partition coefficient (Wildman–Crippen LogP) is 5.79. The molecule has 0 fully saturated rings. The highest BCUT2D eigenvalue weighted by Gasteiger charge is 2.24. The van der Waals surface area contributed by atoms with E-state index in [1.54, 1.807) is 0 Å². The van der Waals surface area contributed by atoms with Crippen LogP contribution in [0.1, 0.15) is 26.3 Å². The van der Waals surface area contributed by atoms with Crippen molar-refractivity contribution in [3.63, 3.8) is 0 Å². The average molecular weight is 423 g/mol. The largest absolute Gasteiger partial charge is 0.500 e. The fraction of sp³-hybridized carbons (Fsp3) is 0.320. The first-order valence-electron chi connectivity index (χ1n) is 10.2. The van der Waals surface area contributed by atoms with E-state index in [9.17, 15) is 4.79 Å². The summed E-state index contributed by atoms with van der Waals surface area (Å²) in [5.41, 5.74) is 6.30. The van der Waals surface area contributed by atoms with E-state index in [1.165, 1.54) is 20.5 Å². The van der Waals surface area contributed by atoms with Crippen molar-refractivity contribution in [3.8, 4) is 28.3 Å². The van der Waals surface area contributed by atoms with Crippen LogP contribution in [-0.4, -0.2) is 28.3 Å².